The number of halogens is 2. The highest BCUT2D eigenvalue weighted by Gasteiger charge is 2.65. The Balaban J connectivity index is 2.00. The van der Waals surface area contributed by atoms with Gasteiger partial charge < -0.3 is 9.47 Å². The molecule has 0 unspecified atom stereocenters. The minimum absolute atomic E-state index is 0.0414. The molecule has 2 bridgehead atoms. The van der Waals surface area contributed by atoms with E-state index < -0.39 is 11.8 Å². The number of carbonyl (C=O) groups excluding carboxylic acids is 2. The summed E-state index contributed by atoms with van der Waals surface area (Å²) in [6.45, 7) is 0. The monoisotopic (exact) mass is 406 g/mol. The molecule has 110 valence electrons. The smallest absolute Gasteiger partial charge is 0.310 e. The molecular formula is C14H16Br2O4. The Hall–Kier alpha value is -0.360. The molecule has 0 radical (unpaired) electrons. The third-order valence-electron chi connectivity index (χ3n) is 5.09. The highest BCUT2D eigenvalue weighted by Crippen LogP contribution is 2.63. The van der Waals surface area contributed by atoms with E-state index in [1.54, 1.807) is 0 Å². The van der Waals surface area contributed by atoms with Crippen LogP contribution in [0, 0.1) is 35.5 Å². The quantitative estimate of drug-likeness (QED) is 0.400. The third kappa shape index (κ3) is 1.76. The number of fused-ring (bicyclic) bond motifs is 1. The number of hydrogen-bond donors (Lipinski definition) is 0. The first kappa shape index (κ1) is 14.6. The fraction of sp³-hybridized carbons (Fsp3) is 0.714. The summed E-state index contributed by atoms with van der Waals surface area (Å²) >= 11 is 7.39. The highest BCUT2D eigenvalue weighted by atomic mass is 79.9. The second-order valence-corrected chi connectivity index (χ2v) is 7.80. The Kier molecular flexibility index (Phi) is 3.73. The van der Waals surface area contributed by atoms with E-state index in [2.05, 4.69) is 44.0 Å². The molecule has 0 aromatic carbocycles. The molecule has 0 spiro atoms. The number of allylic oxidation sites excluding steroid dienone is 2. The Morgan fingerprint density at radius 2 is 1.20 bits per heavy atom. The number of rotatable bonds is 2. The molecule has 0 amide bonds. The maximum absolute atomic E-state index is 12.2. The van der Waals surface area contributed by atoms with Gasteiger partial charge in [-0.1, -0.05) is 44.0 Å². The predicted molar refractivity (Wildman–Crippen MR) is 79.5 cm³/mol. The van der Waals surface area contributed by atoms with Crippen molar-refractivity contribution in [3.8, 4) is 0 Å². The summed E-state index contributed by atoms with van der Waals surface area (Å²) in [6, 6.07) is 0. The van der Waals surface area contributed by atoms with Crippen molar-refractivity contribution in [1.29, 1.82) is 0 Å². The van der Waals surface area contributed by atoms with Gasteiger partial charge in [-0.25, -0.2) is 0 Å². The Morgan fingerprint density at radius 3 is 1.50 bits per heavy atom. The summed E-state index contributed by atoms with van der Waals surface area (Å²) in [5.41, 5.74) is 0. The molecule has 0 aromatic rings. The van der Waals surface area contributed by atoms with Gasteiger partial charge in [0.2, 0.25) is 0 Å². The van der Waals surface area contributed by atoms with Crippen LogP contribution in [-0.2, 0) is 19.1 Å². The normalized spacial score (nSPS) is 48.2. The molecule has 4 nitrogen and oxygen atoms in total. The van der Waals surface area contributed by atoms with Gasteiger partial charge in [-0.3, -0.25) is 9.59 Å². The Labute approximate surface area is 134 Å². The second-order valence-electron chi connectivity index (χ2n) is 5.68. The molecule has 0 N–H and O–H groups in total. The van der Waals surface area contributed by atoms with Crippen molar-refractivity contribution in [2.45, 2.75) is 9.65 Å². The van der Waals surface area contributed by atoms with Crippen molar-refractivity contribution in [2.24, 2.45) is 35.5 Å². The molecule has 4 rings (SSSR count). The lowest BCUT2D eigenvalue weighted by atomic mass is 9.46. The SMILES string of the molecule is COC(=O)[C@@H]1[C@H]2C=C[C@@H]([C@@H]1C(=O)OC)[C@H]1[C@@H](Br)[C@@H](Br)[C@H]21. The van der Waals surface area contributed by atoms with E-state index in [-0.39, 0.29) is 23.8 Å². The van der Waals surface area contributed by atoms with Crippen LogP contribution in [-0.4, -0.2) is 35.8 Å². The predicted octanol–water partition coefficient (Wildman–Crippen LogP) is 2.15. The first-order valence-electron chi connectivity index (χ1n) is 6.65. The third-order valence-corrected chi connectivity index (χ3v) is 8.16. The van der Waals surface area contributed by atoms with Crippen LogP contribution in [0.5, 0.6) is 0 Å². The van der Waals surface area contributed by atoms with Crippen LogP contribution in [0.25, 0.3) is 0 Å². The van der Waals surface area contributed by atoms with E-state index in [4.69, 9.17) is 9.47 Å². The zero-order valence-corrected chi connectivity index (χ0v) is 14.3. The van der Waals surface area contributed by atoms with Crippen LogP contribution in [0.3, 0.4) is 0 Å². The average Bonchev–Trinajstić information content (AvgIpc) is 2.50. The first-order chi connectivity index (χ1) is 9.52. The van der Waals surface area contributed by atoms with Gasteiger partial charge in [0.15, 0.2) is 0 Å². The summed E-state index contributed by atoms with van der Waals surface area (Å²) < 4.78 is 9.86. The van der Waals surface area contributed by atoms with Crippen molar-refractivity contribution < 1.29 is 19.1 Å². The highest BCUT2D eigenvalue weighted by molar-refractivity contribution is 9.12. The van der Waals surface area contributed by atoms with Gasteiger partial charge in [-0.2, -0.15) is 0 Å². The van der Waals surface area contributed by atoms with Crippen molar-refractivity contribution in [2.75, 3.05) is 14.2 Å². The lowest BCUT2D eigenvalue weighted by Crippen LogP contribution is -2.66. The van der Waals surface area contributed by atoms with E-state index in [0.717, 1.165) is 0 Å². The average molecular weight is 408 g/mol. The van der Waals surface area contributed by atoms with Crippen LogP contribution in [0.15, 0.2) is 12.2 Å². The van der Waals surface area contributed by atoms with Crippen molar-refractivity contribution in [1.82, 2.24) is 0 Å². The maximum Gasteiger partial charge on any atom is 0.310 e. The molecule has 4 aliphatic carbocycles. The standard InChI is InChI=1S/C14H16Br2O4/c1-19-13(17)9-5-3-4-6(10(9)14(18)20-2)8-7(5)11(15)12(8)16/h3-12H,1-2H3/t5-,6+,7-,8-,9+,10-,11-,12+/m1/s1. The molecule has 0 aromatic heterocycles. The lowest BCUT2D eigenvalue weighted by molar-refractivity contribution is -0.172. The van der Waals surface area contributed by atoms with Gasteiger partial charge in [0.25, 0.3) is 0 Å². The van der Waals surface area contributed by atoms with Crippen molar-refractivity contribution in [3.63, 3.8) is 0 Å². The van der Waals surface area contributed by atoms with Crippen LogP contribution in [0.2, 0.25) is 0 Å². The van der Waals surface area contributed by atoms with Gasteiger partial charge in [0, 0.05) is 9.65 Å². The van der Waals surface area contributed by atoms with Gasteiger partial charge in [-0.05, 0) is 23.7 Å². The first-order valence-corrected chi connectivity index (χ1v) is 8.48. The van der Waals surface area contributed by atoms with E-state index in [1.807, 2.05) is 0 Å². The van der Waals surface area contributed by atoms with Crippen LogP contribution in [0.4, 0.5) is 0 Å². The van der Waals surface area contributed by atoms with Crippen molar-refractivity contribution in [3.05, 3.63) is 12.2 Å². The largest absolute Gasteiger partial charge is 0.469 e. The number of carbonyl (C=O) groups is 2. The van der Waals surface area contributed by atoms with Gasteiger partial charge in [0.1, 0.15) is 0 Å². The molecular weight excluding hydrogens is 392 g/mol. The second kappa shape index (κ2) is 5.13. The van der Waals surface area contributed by atoms with E-state index in [9.17, 15) is 9.59 Å². The zero-order valence-electron chi connectivity index (χ0n) is 11.2. The van der Waals surface area contributed by atoms with E-state index in [0.29, 0.717) is 21.5 Å². The zero-order chi connectivity index (χ0) is 14.6. The lowest BCUT2D eigenvalue weighted by Gasteiger charge is -2.61. The van der Waals surface area contributed by atoms with Crippen LogP contribution >= 0.6 is 31.9 Å². The Morgan fingerprint density at radius 1 is 0.850 bits per heavy atom. The summed E-state index contributed by atoms with van der Waals surface area (Å²) in [4.78, 5) is 25.0. The number of ether oxygens (including phenoxy) is 2. The van der Waals surface area contributed by atoms with Crippen molar-refractivity contribution >= 4 is 43.8 Å². The minimum Gasteiger partial charge on any atom is -0.469 e. The maximum atomic E-state index is 12.2. The van der Waals surface area contributed by atoms with Crippen LogP contribution in [0.1, 0.15) is 0 Å². The topological polar surface area (TPSA) is 52.6 Å². The van der Waals surface area contributed by atoms with Gasteiger partial charge >= 0.3 is 11.9 Å². The molecule has 0 aliphatic heterocycles. The molecule has 2 fully saturated rings. The fourth-order valence-electron chi connectivity index (χ4n) is 4.23. The molecule has 6 heteroatoms. The Bertz CT molecular complexity index is 436. The number of esters is 2. The minimum atomic E-state index is -0.427. The summed E-state index contributed by atoms with van der Waals surface area (Å²) in [7, 11) is 2.75. The molecule has 4 aliphatic rings. The fourth-order valence-corrected chi connectivity index (χ4v) is 6.35. The molecule has 0 heterocycles. The van der Waals surface area contributed by atoms with Gasteiger partial charge in [-0.15, -0.1) is 0 Å². The van der Waals surface area contributed by atoms with E-state index >= 15 is 0 Å². The number of methoxy groups -OCH3 is 2. The molecule has 8 atom stereocenters. The number of hydrogen-bond acceptors (Lipinski definition) is 4. The summed E-state index contributed by atoms with van der Waals surface area (Å²) in [6.07, 6.45) is 4.17. The number of alkyl halides is 2. The van der Waals surface area contributed by atoms with Gasteiger partial charge in [0.05, 0.1) is 26.1 Å². The molecule has 0 saturated heterocycles. The van der Waals surface area contributed by atoms with E-state index in [1.165, 1.54) is 14.2 Å². The molecule has 2 saturated carbocycles. The molecule has 20 heavy (non-hydrogen) atoms. The van der Waals surface area contributed by atoms with Crippen LogP contribution < -0.4 is 0 Å². The summed E-state index contributed by atoms with van der Waals surface area (Å²) in [5, 5.41) is 0. The summed E-state index contributed by atoms with van der Waals surface area (Å²) in [5.74, 6) is -0.641.